The van der Waals surface area contributed by atoms with Crippen LogP contribution in [0.1, 0.15) is 44.0 Å². The average molecular weight is 292 g/mol. The minimum atomic E-state index is -0.121. The average Bonchev–Trinajstić information content (AvgIpc) is 2.40. The Balaban J connectivity index is 2.05. The van der Waals surface area contributed by atoms with E-state index in [4.69, 9.17) is 15.2 Å². The quantitative estimate of drug-likeness (QED) is 0.835. The lowest BCUT2D eigenvalue weighted by Gasteiger charge is -2.32. The summed E-state index contributed by atoms with van der Waals surface area (Å²) in [4.78, 5) is 11.8. The molecule has 1 saturated heterocycles. The molecule has 1 amide bonds. The molecule has 0 radical (unpaired) electrons. The third-order valence-electron chi connectivity index (χ3n) is 3.56. The second-order valence-electron chi connectivity index (χ2n) is 5.58. The van der Waals surface area contributed by atoms with Crippen molar-refractivity contribution < 1.29 is 14.3 Å². The van der Waals surface area contributed by atoms with Crippen molar-refractivity contribution in [2.75, 3.05) is 12.3 Å². The van der Waals surface area contributed by atoms with Crippen LogP contribution in [0.3, 0.4) is 0 Å². The zero-order valence-electron chi connectivity index (χ0n) is 12.9. The first-order valence-electron chi connectivity index (χ1n) is 7.49. The fraction of sp³-hybridized carbons (Fsp3) is 0.562. The Morgan fingerprint density at radius 1 is 1.38 bits per heavy atom. The van der Waals surface area contributed by atoms with Gasteiger partial charge >= 0.3 is 0 Å². The molecule has 21 heavy (non-hydrogen) atoms. The number of nitrogens with two attached hydrogens (primary N) is 1. The molecule has 1 aromatic carbocycles. The fourth-order valence-corrected chi connectivity index (χ4v) is 2.68. The van der Waals surface area contributed by atoms with Crippen molar-refractivity contribution in [1.82, 2.24) is 5.32 Å². The highest BCUT2D eigenvalue weighted by Crippen LogP contribution is 2.28. The minimum absolute atomic E-state index is 0.0985. The van der Waals surface area contributed by atoms with E-state index in [-0.39, 0.29) is 24.2 Å². The molecule has 1 fully saturated rings. The SMILES string of the molecule is CCNC(=O)c1ccc(OC2CC(C)OC(C)C2)c(N)c1. The monoisotopic (exact) mass is 292 g/mol. The summed E-state index contributed by atoms with van der Waals surface area (Å²) in [7, 11) is 0. The van der Waals surface area contributed by atoms with Crippen LogP contribution < -0.4 is 15.8 Å². The summed E-state index contributed by atoms with van der Waals surface area (Å²) in [5, 5.41) is 2.75. The van der Waals surface area contributed by atoms with Gasteiger partial charge in [-0.15, -0.1) is 0 Å². The van der Waals surface area contributed by atoms with Crippen LogP contribution in [0.4, 0.5) is 5.69 Å². The number of carbonyl (C=O) groups excluding carboxylic acids is 1. The van der Waals surface area contributed by atoms with E-state index in [1.165, 1.54) is 0 Å². The Hall–Kier alpha value is -1.75. The summed E-state index contributed by atoms with van der Waals surface area (Å²) in [6.45, 7) is 6.57. The number of nitrogens with one attached hydrogen (secondary N) is 1. The third kappa shape index (κ3) is 4.11. The van der Waals surface area contributed by atoms with Crippen LogP contribution in [0.25, 0.3) is 0 Å². The Morgan fingerprint density at radius 3 is 2.62 bits per heavy atom. The van der Waals surface area contributed by atoms with Gasteiger partial charge in [-0.25, -0.2) is 0 Å². The number of benzene rings is 1. The van der Waals surface area contributed by atoms with E-state index in [1.807, 2.05) is 20.8 Å². The van der Waals surface area contributed by atoms with E-state index in [0.717, 1.165) is 12.8 Å². The van der Waals surface area contributed by atoms with Gasteiger partial charge in [0, 0.05) is 24.9 Å². The zero-order valence-corrected chi connectivity index (χ0v) is 12.9. The molecule has 0 bridgehead atoms. The molecule has 5 heteroatoms. The highest BCUT2D eigenvalue weighted by atomic mass is 16.5. The number of ether oxygens (including phenoxy) is 2. The Bertz CT molecular complexity index is 494. The van der Waals surface area contributed by atoms with Crippen molar-refractivity contribution in [3.63, 3.8) is 0 Å². The predicted octanol–water partition coefficient (Wildman–Crippen LogP) is 2.35. The van der Waals surface area contributed by atoms with Gasteiger partial charge in [0.25, 0.3) is 5.91 Å². The van der Waals surface area contributed by atoms with E-state index < -0.39 is 0 Å². The molecule has 0 aliphatic carbocycles. The molecule has 3 N–H and O–H groups in total. The smallest absolute Gasteiger partial charge is 0.251 e. The van der Waals surface area contributed by atoms with Crippen LogP contribution in [0.15, 0.2) is 18.2 Å². The van der Waals surface area contributed by atoms with Gasteiger partial charge in [-0.3, -0.25) is 4.79 Å². The summed E-state index contributed by atoms with van der Waals surface area (Å²) in [5.41, 5.74) is 7.05. The Morgan fingerprint density at radius 2 is 2.05 bits per heavy atom. The predicted molar refractivity (Wildman–Crippen MR) is 82.5 cm³/mol. The van der Waals surface area contributed by atoms with Gasteiger partial charge in [0.2, 0.25) is 0 Å². The second kappa shape index (κ2) is 6.80. The maximum Gasteiger partial charge on any atom is 0.251 e. The zero-order chi connectivity index (χ0) is 15.4. The van der Waals surface area contributed by atoms with Gasteiger partial charge < -0.3 is 20.5 Å². The van der Waals surface area contributed by atoms with Gasteiger partial charge in [0.15, 0.2) is 0 Å². The van der Waals surface area contributed by atoms with Crippen LogP contribution in [-0.2, 0) is 4.74 Å². The van der Waals surface area contributed by atoms with Crippen molar-refractivity contribution in [2.24, 2.45) is 0 Å². The first kappa shape index (κ1) is 15.6. The van der Waals surface area contributed by atoms with Crippen LogP contribution in [0, 0.1) is 0 Å². The molecule has 1 aliphatic heterocycles. The van der Waals surface area contributed by atoms with Gasteiger partial charge in [0.05, 0.1) is 17.9 Å². The van der Waals surface area contributed by atoms with E-state index >= 15 is 0 Å². The number of nitrogen functional groups attached to an aromatic ring is 1. The van der Waals surface area contributed by atoms with Crippen LogP contribution in [0.5, 0.6) is 5.75 Å². The largest absolute Gasteiger partial charge is 0.488 e. The molecule has 2 unspecified atom stereocenters. The third-order valence-corrected chi connectivity index (χ3v) is 3.56. The number of carbonyl (C=O) groups is 1. The number of anilines is 1. The number of amides is 1. The van der Waals surface area contributed by atoms with E-state index in [0.29, 0.717) is 23.5 Å². The van der Waals surface area contributed by atoms with Crippen molar-refractivity contribution in [3.05, 3.63) is 23.8 Å². The van der Waals surface area contributed by atoms with Gasteiger partial charge in [0.1, 0.15) is 11.9 Å². The van der Waals surface area contributed by atoms with Crippen molar-refractivity contribution in [2.45, 2.75) is 51.9 Å². The minimum Gasteiger partial charge on any atom is -0.488 e. The Labute approximate surface area is 125 Å². The van der Waals surface area contributed by atoms with Crippen molar-refractivity contribution >= 4 is 11.6 Å². The lowest BCUT2D eigenvalue weighted by molar-refractivity contribution is -0.0720. The molecule has 116 valence electrons. The summed E-state index contributed by atoms with van der Waals surface area (Å²) in [5.74, 6) is 0.512. The van der Waals surface area contributed by atoms with Crippen molar-refractivity contribution in [3.8, 4) is 5.75 Å². The molecular weight excluding hydrogens is 268 g/mol. The highest BCUT2D eigenvalue weighted by Gasteiger charge is 2.26. The topological polar surface area (TPSA) is 73.6 Å². The second-order valence-corrected chi connectivity index (χ2v) is 5.58. The molecule has 0 aromatic heterocycles. The molecule has 1 aromatic rings. The van der Waals surface area contributed by atoms with E-state index in [1.54, 1.807) is 18.2 Å². The van der Waals surface area contributed by atoms with E-state index in [9.17, 15) is 4.79 Å². The molecule has 1 aliphatic rings. The summed E-state index contributed by atoms with van der Waals surface area (Å²) < 4.78 is 11.7. The highest BCUT2D eigenvalue weighted by molar-refractivity contribution is 5.95. The molecule has 2 atom stereocenters. The maximum absolute atomic E-state index is 11.8. The molecule has 2 rings (SSSR count). The maximum atomic E-state index is 11.8. The Kier molecular flexibility index (Phi) is 5.07. The molecule has 1 heterocycles. The summed E-state index contributed by atoms with van der Waals surface area (Å²) in [6.07, 6.45) is 2.18. The lowest BCUT2D eigenvalue weighted by atomic mass is 10.0. The van der Waals surface area contributed by atoms with E-state index in [2.05, 4.69) is 5.32 Å². The standard InChI is InChI=1S/C16H24N2O3/c1-4-18-16(19)12-5-6-15(14(17)9-12)21-13-7-10(2)20-11(3)8-13/h5-6,9-11,13H,4,7-8,17H2,1-3H3,(H,18,19). The fourth-order valence-electron chi connectivity index (χ4n) is 2.68. The first-order chi connectivity index (χ1) is 9.99. The lowest BCUT2D eigenvalue weighted by Crippen LogP contribution is -2.35. The molecular formula is C16H24N2O3. The van der Waals surface area contributed by atoms with Crippen molar-refractivity contribution in [1.29, 1.82) is 0 Å². The summed E-state index contributed by atoms with van der Waals surface area (Å²) >= 11 is 0. The normalized spacial score (nSPS) is 25.4. The first-order valence-corrected chi connectivity index (χ1v) is 7.49. The number of hydrogen-bond acceptors (Lipinski definition) is 4. The summed E-state index contributed by atoms with van der Waals surface area (Å²) in [6, 6.07) is 5.17. The van der Waals surface area contributed by atoms with Gasteiger partial charge in [-0.2, -0.15) is 0 Å². The number of rotatable bonds is 4. The van der Waals surface area contributed by atoms with Crippen LogP contribution in [0.2, 0.25) is 0 Å². The van der Waals surface area contributed by atoms with Crippen LogP contribution >= 0.6 is 0 Å². The van der Waals surface area contributed by atoms with Gasteiger partial charge in [-0.1, -0.05) is 0 Å². The van der Waals surface area contributed by atoms with Crippen LogP contribution in [-0.4, -0.2) is 30.8 Å². The number of hydrogen-bond donors (Lipinski definition) is 2. The molecule has 5 nitrogen and oxygen atoms in total. The molecule has 0 saturated carbocycles. The van der Waals surface area contributed by atoms with Gasteiger partial charge in [-0.05, 0) is 39.0 Å². The molecule has 0 spiro atoms.